The number of rotatable bonds is 5. The second kappa shape index (κ2) is 6.74. The van der Waals surface area contributed by atoms with E-state index in [2.05, 4.69) is 15.3 Å². The van der Waals surface area contributed by atoms with E-state index in [-0.39, 0.29) is 12.5 Å². The SMILES string of the molecule is COc1ccccc1C(=O)NCc1nccnc1-c1ccco1. The van der Waals surface area contributed by atoms with E-state index in [1.807, 2.05) is 6.07 Å². The van der Waals surface area contributed by atoms with Gasteiger partial charge in [-0.1, -0.05) is 12.1 Å². The van der Waals surface area contributed by atoms with Gasteiger partial charge in [-0.25, -0.2) is 4.98 Å². The number of ether oxygens (including phenoxy) is 1. The Labute approximate surface area is 133 Å². The third-order valence-corrected chi connectivity index (χ3v) is 3.30. The summed E-state index contributed by atoms with van der Waals surface area (Å²) in [5.41, 5.74) is 1.71. The Kier molecular flexibility index (Phi) is 4.33. The fourth-order valence-electron chi connectivity index (χ4n) is 2.21. The monoisotopic (exact) mass is 309 g/mol. The average Bonchev–Trinajstić information content (AvgIpc) is 3.14. The van der Waals surface area contributed by atoms with Gasteiger partial charge in [-0.05, 0) is 24.3 Å². The molecule has 2 heterocycles. The highest BCUT2D eigenvalue weighted by Gasteiger charge is 2.14. The minimum atomic E-state index is -0.238. The lowest BCUT2D eigenvalue weighted by Crippen LogP contribution is -2.24. The zero-order valence-corrected chi connectivity index (χ0v) is 12.5. The van der Waals surface area contributed by atoms with Gasteiger partial charge >= 0.3 is 0 Å². The number of nitrogens with zero attached hydrogens (tertiary/aromatic N) is 2. The van der Waals surface area contributed by atoms with Crippen LogP contribution in [-0.2, 0) is 6.54 Å². The molecular weight excluding hydrogens is 294 g/mol. The van der Waals surface area contributed by atoms with Crippen LogP contribution in [0.5, 0.6) is 5.75 Å². The Morgan fingerprint density at radius 3 is 2.78 bits per heavy atom. The van der Waals surface area contributed by atoms with E-state index < -0.39 is 0 Å². The largest absolute Gasteiger partial charge is 0.496 e. The molecule has 3 rings (SSSR count). The van der Waals surface area contributed by atoms with Gasteiger partial charge in [-0.15, -0.1) is 0 Å². The van der Waals surface area contributed by atoms with Gasteiger partial charge < -0.3 is 14.5 Å². The first-order valence-corrected chi connectivity index (χ1v) is 7.04. The Hall–Kier alpha value is -3.15. The van der Waals surface area contributed by atoms with E-state index in [0.29, 0.717) is 28.5 Å². The summed E-state index contributed by atoms with van der Waals surface area (Å²) in [7, 11) is 1.53. The molecule has 0 fully saturated rings. The molecule has 116 valence electrons. The van der Waals surface area contributed by atoms with Crippen LogP contribution in [0.3, 0.4) is 0 Å². The summed E-state index contributed by atoms with van der Waals surface area (Å²) >= 11 is 0. The van der Waals surface area contributed by atoms with Crippen molar-refractivity contribution in [1.29, 1.82) is 0 Å². The van der Waals surface area contributed by atoms with Crippen molar-refractivity contribution in [3.8, 4) is 17.2 Å². The smallest absolute Gasteiger partial charge is 0.255 e. The number of aromatic nitrogens is 2. The summed E-state index contributed by atoms with van der Waals surface area (Å²) in [6.45, 7) is 0.237. The molecule has 6 nitrogen and oxygen atoms in total. The van der Waals surface area contributed by atoms with Crippen LogP contribution < -0.4 is 10.1 Å². The van der Waals surface area contributed by atoms with E-state index in [0.717, 1.165) is 0 Å². The van der Waals surface area contributed by atoms with Gasteiger partial charge in [0.25, 0.3) is 5.91 Å². The highest BCUT2D eigenvalue weighted by molar-refractivity contribution is 5.96. The van der Waals surface area contributed by atoms with Gasteiger partial charge in [0.05, 0.1) is 31.2 Å². The maximum Gasteiger partial charge on any atom is 0.255 e. The molecule has 6 heteroatoms. The van der Waals surface area contributed by atoms with Crippen LogP contribution in [0.1, 0.15) is 16.1 Å². The summed E-state index contributed by atoms with van der Waals surface area (Å²) in [6, 6.07) is 10.6. The van der Waals surface area contributed by atoms with Gasteiger partial charge in [0.2, 0.25) is 0 Å². The van der Waals surface area contributed by atoms with Crippen molar-refractivity contribution in [3.63, 3.8) is 0 Å². The van der Waals surface area contributed by atoms with Crippen LogP contribution in [0, 0.1) is 0 Å². The zero-order valence-electron chi connectivity index (χ0n) is 12.5. The lowest BCUT2D eigenvalue weighted by molar-refractivity contribution is 0.0947. The molecular formula is C17H15N3O3. The number of carbonyl (C=O) groups excluding carboxylic acids is 1. The van der Waals surface area contributed by atoms with Gasteiger partial charge in [-0.3, -0.25) is 9.78 Å². The summed E-state index contributed by atoms with van der Waals surface area (Å²) < 4.78 is 10.6. The number of hydrogen-bond donors (Lipinski definition) is 1. The first kappa shape index (κ1) is 14.8. The maximum atomic E-state index is 12.3. The van der Waals surface area contributed by atoms with E-state index in [1.165, 1.54) is 7.11 Å². The summed E-state index contributed by atoms with van der Waals surface area (Å²) in [4.78, 5) is 20.9. The number of hydrogen-bond acceptors (Lipinski definition) is 5. The first-order chi connectivity index (χ1) is 11.3. The minimum absolute atomic E-state index is 0.237. The van der Waals surface area contributed by atoms with Crippen LogP contribution >= 0.6 is 0 Å². The van der Waals surface area contributed by atoms with E-state index in [1.54, 1.807) is 49.0 Å². The lowest BCUT2D eigenvalue weighted by Gasteiger charge is -2.10. The molecule has 0 saturated carbocycles. The Balaban J connectivity index is 1.78. The molecule has 0 bridgehead atoms. The van der Waals surface area contributed by atoms with Gasteiger partial charge in [0, 0.05) is 12.4 Å². The molecule has 1 amide bonds. The van der Waals surface area contributed by atoms with Crippen molar-refractivity contribution < 1.29 is 13.9 Å². The van der Waals surface area contributed by atoms with Crippen molar-refractivity contribution in [1.82, 2.24) is 15.3 Å². The molecule has 1 aromatic carbocycles. The van der Waals surface area contributed by atoms with Gasteiger partial charge in [0.1, 0.15) is 11.4 Å². The van der Waals surface area contributed by atoms with Crippen LogP contribution in [-0.4, -0.2) is 23.0 Å². The summed E-state index contributed by atoms with van der Waals surface area (Å²) in [5.74, 6) is 0.897. The number of amides is 1. The fourth-order valence-corrected chi connectivity index (χ4v) is 2.21. The predicted molar refractivity (Wildman–Crippen MR) is 83.9 cm³/mol. The highest BCUT2D eigenvalue weighted by Crippen LogP contribution is 2.20. The molecule has 23 heavy (non-hydrogen) atoms. The molecule has 3 aromatic rings. The number of nitrogens with one attached hydrogen (secondary N) is 1. The summed E-state index contributed by atoms with van der Waals surface area (Å²) in [6.07, 6.45) is 4.74. The van der Waals surface area contributed by atoms with Crippen molar-refractivity contribution in [2.24, 2.45) is 0 Å². The topological polar surface area (TPSA) is 77.2 Å². The fraction of sp³-hybridized carbons (Fsp3) is 0.118. The van der Waals surface area contributed by atoms with Crippen molar-refractivity contribution in [2.75, 3.05) is 7.11 Å². The lowest BCUT2D eigenvalue weighted by atomic mass is 10.2. The molecule has 2 aromatic heterocycles. The molecule has 0 atom stereocenters. The molecule has 0 aliphatic carbocycles. The molecule has 0 radical (unpaired) electrons. The predicted octanol–water partition coefficient (Wildman–Crippen LogP) is 2.68. The zero-order chi connectivity index (χ0) is 16.1. The van der Waals surface area contributed by atoms with Crippen LogP contribution in [0.2, 0.25) is 0 Å². The van der Waals surface area contributed by atoms with Crippen molar-refractivity contribution in [2.45, 2.75) is 6.54 Å². The molecule has 0 aliphatic heterocycles. The number of carbonyl (C=O) groups is 1. The maximum absolute atomic E-state index is 12.3. The Morgan fingerprint density at radius 2 is 2.00 bits per heavy atom. The Bertz CT molecular complexity index is 800. The minimum Gasteiger partial charge on any atom is -0.496 e. The van der Waals surface area contributed by atoms with E-state index >= 15 is 0 Å². The first-order valence-electron chi connectivity index (χ1n) is 7.04. The van der Waals surface area contributed by atoms with Gasteiger partial charge in [-0.2, -0.15) is 0 Å². The third kappa shape index (κ3) is 3.21. The average molecular weight is 309 g/mol. The standard InChI is InChI=1S/C17H15N3O3/c1-22-14-6-3-2-5-12(14)17(21)20-11-13-16(19-9-8-18-13)15-7-4-10-23-15/h2-10H,11H2,1H3,(H,20,21). The Morgan fingerprint density at radius 1 is 1.17 bits per heavy atom. The second-order valence-electron chi connectivity index (χ2n) is 4.71. The number of para-hydroxylation sites is 1. The van der Waals surface area contributed by atoms with Crippen LogP contribution in [0.15, 0.2) is 59.5 Å². The molecule has 0 saturated heterocycles. The quantitative estimate of drug-likeness (QED) is 0.784. The molecule has 0 aliphatic rings. The third-order valence-electron chi connectivity index (χ3n) is 3.30. The van der Waals surface area contributed by atoms with Crippen molar-refractivity contribution in [3.05, 3.63) is 66.3 Å². The highest BCUT2D eigenvalue weighted by atomic mass is 16.5. The number of furan rings is 1. The molecule has 1 N–H and O–H groups in total. The molecule has 0 unspecified atom stereocenters. The number of benzene rings is 1. The molecule has 0 spiro atoms. The normalized spacial score (nSPS) is 10.3. The van der Waals surface area contributed by atoms with E-state index in [9.17, 15) is 4.79 Å². The second-order valence-corrected chi connectivity index (χ2v) is 4.71. The summed E-state index contributed by atoms with van der Waals surface area (Å²) in [5, 5.41) is 2.83. The van der Waals surface area contributed by atoms with Gasteiger partial charge in [0.15, 0.2) is 5.76 Å². The van der Waals surface area contributed by atoms with Crippen LogP contribution in [0.4, 0.5) is 0 Å². The van der Waals surface area contributed by atoms with Crippen molar-refractivity contribution >= 4 is 5.91 Å². The number of methoxy groups -OCH3 is 1. The van der Waals surface area contributed by atoms with Crippen LogP contribution in [0.25, 0.3) is 11.5 Å². The van der Waals surface area contributed by atoms with E-state index in [4.69, 9.17) is 9.15 Å².